The Morgan fingerprint density at radius 1 is 1.25 bits per heavy atom. The molecular formula is C16H24N2O2. The smallest absolute Gasteiger partial charge is 0.251 e. The minimum Gasteiger partial charge on any atom is -0.385 e. The molecule has 0 heterocycles. The molecule has 2 N–H and O–H groups in total. The first-order valence-corrected chi connectivity index (χ1v) is 7.53. The van der Waals surface area contributed by atoms with Crippen LogP contribution >= 0.6 is 0 Å². The topological polar surface area (TPSA) is 50.4 Å². The molecule has 1 aliphatic carbocycles. The first-order valence-electron chi connectivity index (χ1n) is 7.53. The molecule has 0 radical (unpaired) electrons. The van der Waals surface area contributed by atoms with Gasteiger partial charge in [-0.05, 0) is 44.0 Å². The van der Waals surface area contributed by atoms with Crippen LogP contribution < -0.4 is 10.6 Å². The second-order valence-electron chi connectivity index (χ2n) is 5.14. The monoisotopic (exact) mass is 276 g/mol. The fourth-order valence-electron chi connectivity index (χ4n) is 2.49. The van der Waals surface area contributed by atoms with Gasteiger partial charge in [-0.25, -0.2) is 0 Å². The first-order chi connectivity index (χ1) is 9.79. The molecule has 0 bridgehead atoms. The van der Waals surface area contributed by atoms with Crippen molar-refractivity contribution in [2.45, 2.75) is 38.7 Å². The third kappa shape index (κ3) is 4.53. The van der Waals surface area contributed by atoms with E-state index in [4.69, 9.17) is 4.74 Å². The summed E-state index contributed by atoms with van der Waals surface area (Å²) in [5.41, 5.74) is 1.72. The number of nitrogens with one attached hydrogen (secondary N) is 2. The number of benzene rings is 1. The van der Waals surface area contributed by atoms with E-state index in [1.54, 1.807) is 0 Å². The highest BCUT2D eigenvalue weighted by molar-refractivity contribution is 5.94. The second kappa shape index (κ2) is 7.90. The van der Waals surface area contributed by atoms with E-state index in [9.17, 15) is 4.79 Å². The molecule has 4 nitrogen and oxygen atoms in total. The number of carbonyl (C=O) groups is 1. The van der Waals surface area contributed by atoms with E-state index in [0.29, 0.717) is 24.8 Å². The lowest BCUT2D eigenvalue weighted by atomic mass is 10.2. The summed E-state index contributed by atoms with van der Waals surface area (Å²) in [6, 6.07) is 7.52. The summed E-state index contributed by atoms with van der Waals surface area (Å²) in [5, 5.41) is 6.10. The van der Waals surface area contributed by atoms with Gasteiger partial charge in [0.2, 0.25) is 0 Å². The van der Waals surface area contributed by atoms with Crippen LogP contribution in [0.4, 0.5) is 5.69 Å². The summed E-state index contributed by atoms with van der Waals surface area (Å²) in [4.78, 5) is 11.9. The standard InChI is InChI=1S/C16H24N2O2/c1-2-17-14-9-7-13(8-10-14)16(19)18-11-12-20-15-5-3-4-6-15/h7-10,15,17H,2-6,11-12H2,1H3,(H,18,19). The van der Waals surface area contributed by atoms with Gasteiger partial charge in [-0.1, -0.05) is 12.8 Å². The van der Waals surface area contributed by atoms with Crippen molar-refractivity contribution >= 4 is 11.6 Å². The Hall–Kier alpha value is -1.55. The molecular weight excluding hydrogens is 252 g/mol. The summed E-state index contributed by atoms with van der Waals surface area (Å²) >= 11 is 0. The molecule has 1 amide bonds. The van der Waals surface area contributed by atoms with Crippen molar-refractivity contribution in [2.75, 3.05) is 25.0 Å². The van der Waals surface area contributed by atoms with Gasteiger partial charge in [0.05, 0.1) is 12.7 Å². The molecule has 0 atom stereocenters. The average Bonchev–Trinajstić information content (AvgIpc) is 2.98. The maximum atomic E-state index is 11.9. The van der Waals surface area contributed by atoms with E-state index in [1.165, 1.54) is 25.7 Å². The number of hydrogen-bond acceptors (Lipinski definition) is 3. The highest BCUT2D eigenvalue weighted by Gasteiger charge is 2.14. The molecule has 0 aromatic heterocycles. The molecule has 4 heteroatoms. The Morgan fingerprint density at radius 3 is 2.60 bits per heavy atom. The zero-order valence-electron chi connectivity index (χ0n) is 12.2. The molecule has 1 fully saturated rings. The summed E-state index contributed by atoms with van der Waals surface area (Å²) in [7, 11) is 0. The summed E-state index contributed by atoms with van der Waals surface area (Å²) in [6.07, 6.45) is 5.29. The van der Waals surface area contributed by atoms with Crippen LogP contribution in [0.2, 0.25) is 0 Å². The van der Waals surface area contributed by atoms with Gasteiger partial charge in [0.15, 0.2) is 0 Å². The van der Waals surface area contributed by atoms with Gasteiger partial charge in [0.1, 0.15) is 0 Å². The van der Waals surface area contributed by atoms with Crippen molar-refractivity contribution < 1.29 is 9.53 Å². The van der Waals surface area contributed by atoms with Crippen molar-refractivity contribution in [3.05, 3.63) is 29.8 Å². The van der Waals surface area contributed by atoms with Crippen LogP contribution in [0.1, 0.15) is 43.0 Å². The normalized spacial score (nSPS) is 15.2. The van der Waals surface area contributed by atoms with Gasteiger partial charge in [-0.2, -0.15) is 0 Å². The zero-order chi connectivity index (χ0) is 14.2. The average molecular weight is 276 g/mol. The largest absolute Gasteiger partial charge is 0.385 e. The van der Waals surface area contributed by atoms with Gasteiger partial charge in [-0.15, -0.1) is 0 Å². The molecule has 0 aliphatic heterocycles. The van der Waals surface area contributed by atoms with Gasteiger partial charge >= 0.3 is 0 Å². The van der Waals surface area contributed by atoms with Crippen LogP contribution in [0.3, 0.4) is 0 Å². The van der Waals surface area contributed by atoms with Crippen LogP contribution in [0, 0.1) is 0 Å². The maximum Gasteiger partial charge on any atom is 0.251 e. The number of rotatable bonds is 7. The van der Waals surface area contributed by atoms with Crippen LogP contribution in [-0.2, 0) is 4.74 Å². The van der Waals surface area contributed by atoms with Crippen LogP contribution in [0.5, 0.6) is 0 Å². The summed E-state index contributed by atoms with van der Waals surface area (Å²) < 4.78 is 5.72. The molecule has 1 aliphatic rings. The molecule has 2 rings (SSSR count). The molecule has 1 aromatic rings. The molecule has 0 unspecified atom stereocenters. The van der Waals surface area contributed by atoms with Crippen LogP contribution in [-0.4, -0.2) is 31.7 Å². The Kier molecular flexibility index (Phi) is 5.87. The quantitative estimate of drug-likeness (QED) is 0.753. The Balaban J connectivity index is 1.68. The van der Waals surface area contributed by atoms with Crippen LogP contribution in [0.15, 0.2) is 24.3 Å². The number of anilines is 1. The molecule has 1 saturated carbocycles. The zero-order valence-corrected chi connectivity index (χ0v) is 12.2. The Morgan fingerprint density at radius 2 is 1.95 bits per heavy atom. The summed E-state index contributed by atoms with van der Waals surface area (Å²) in [5.74, 6) is -0.0388. The Labute approximate surface area is 120 Å². The van der Waals surface area contributed by atoms with Crippen molar-refractivity contribution in [2.24, 2.45) is 0 Å². The lowest BCUT2D eigenvalue weighted by molar-refractivity contribution is 0.0582. The lowest BCUT2D eigenvalue weighted by Crippen LogP contribution is -2.28. The van der Waals surface area contributed by atoms with Crippen molar-refractivity contribution in [1.82, 2.24) is 5.32 Å². The Bertz CT molecular complexity index is 411. The van der Waals surface area contributed by atoms with Crippen molar-refractivity contribution in [1.29, 1.82) is 0 Å². The number of ether oxygens (including phenoxy) is 1. The minimum absolute atomic E-state index is 0.0388. The van der Waals surface area contributed by atoms with Crippen molar-refractivity contribution in [3.63, 3.8) is 0 Å². The fourth-order valence-corrected chi connectivity index (χ4v) is 2.49. The first kappa shape index (κ1) is 14.9. The van der Waals surface area contributed by atoms with E-state index in [-0.39, 0.29) is 5.91 Å². The van der Waals surface area contributed by atoms with Gasteiger partial charge in [0, 0.05) is 24.3 Å². The SMILES string of the molecule is CCNc1ccc(C(=O)NCCOC2CCCC2)cc1. The van der Waals surface area contributed by atoms with Crippen LogP contribution in [0.25, 0.3) is 0 Å². The molecule has 110 valence electrons. The third-order valence-corrected chi connectivity index (χ3v) is 3.57. The predicted molar refractivity (Wildman–Crippen MR) is 81.1 cm³/mol. The van der Waals surface area contributed by atoms with E-state index in [2.05, 4.69) is 10.6 Å². The van der Waals surface area contributed by atoms with Gasteiger partial charge in [-0.3, -0.25) is 4.79 Å². The number of carbonyl (C=O) groups excluding carboxylic acids is 1. The van der Waals surface area contributed by atoms with Gasteiger partial charge in [0.25, 0.3) is 5.91 Å². The molecule has 1 aromatic carbocycles. The van der Waals surface area contributed by atoms with E-state index >= 15 is 0 Å². The highest BCUT2D eigenvalue weighted by atomic mass is 16.5. The van der Waals surface area contributed by atoms with Crippen molar-refractivity contribution in [3.8, 4) is 0 Å². The minimum atomic E-state index is -0.0388. The lowest BCUT2D eigenvalue weighted by Gasteiger charge is -2.11. The second-order valence-corrected chi connectivity index (χ2v) is 5.14. The number of hydrogen-bond donors (Lipinski definition) is 2. The fraction of sp³-hybridized carbons (Fsp3) is 0.562. The van der Waals surface area contributed by atoms with E-state index in [1.807, 2.05) is 31.2 Å². The maximum absolute atomic E-state index is 11.9. The number of amides is 1. The van der Waals surface area contributed by atoms with E-state index in [0.717, 1.165) is 12.2 Å². The third-order valence-electron chi connectivity index (χ3n) is 3.57. The summed E-state index contributed by atoms with van der Waals surface area (Å²) in [6.45, 7) is 4.10. The predicted octanol–water partition coefficient (Wildman–Crippen LogP) is 2.81. The highest BCUT2D eigenvalue weighted by Crippen LogP contribution is 2.20. The molecule has 20 heavy (non-hydrogen) atoms. The molecule has 0 spiro atoms. The van der Waals surface area contributed by atoms with Gasteiger partial charge < -0.3 is 15.4 Å². The van der Waals surface area contributed by atoms with E-state index < -0.39 is 0 Å². The molecule has 0 saturated heterocycles.